The molecular formula is C53H59N9O4. The molecule has 0 atom stereocenters. The summed E-state index contributed by atoms with van der Waals surface area (Å²) in [5.41, 5.74) is 3.97. The smallest absolute Gasteiger partial charge is 0.412 e. The van der Waals surface area contributed by atoms with E-state index in [4.69, 9.17) is 29.5 Å². The van der Waals surface area contributed by atoms with E-state index in [2.05, 4.69) is 88.7 Å². The van der Waals surface area contributed by atoms with Crippen LogP contribution in [0, 0.1) is 0 Å². The van der Waals surface area contributed by atoms with Crippen LogP contribution < -0.4 is 20.9 Å². The van der Waals surface area contributed by atoms with E-state index >= 15 is 0 Å². The number of nitrogens with zero attached hydrogens (tertiary/aromatic N) is 6. The maximum atomic E-state index is 13.0. The molecule has 1 aliphatic rings. The van der Waals surface area contributed by atoms with Gasteiger partial charge in [-0.05, 0) is 115 Å². The number of rotatable bonds is 12. The van der Waals surface area contributed by atoms with E-state index in [-0.39, 0.29) is 12.1 Å². The normalized spacial score (nSPS) is 15.4. The Hall–Kier alpha value is -7.28. The molecule has 8 rings (SSSR count). The van der Waals surface area contributed by atoms with Crippen LogP contribution in [0.25, 0.3) is 22.4 Å². The zero-order chi connectivity index (χ0) is 46.5. The summed E-state index contributed by atoms with van der Waals surface area (Å²) >= 11 is 0. The second-order valence-corrected chi connectivity index (χ2v) is 18.6. The molecule has 4 aromatic carbocycles. The van der Waals surface area contributed by atoms with Gasteiger partial charge >= 0.3 is 12.2 Å². The molecule has 3 N–H and O–H groups in total. The molecule has 66 heavy (non-hydrogen) atoms. The largest absolute Gasteiger partial charge is 0.444 e. The lowest BCUT2D eigenvalue weighted by molar-refractivity contribution is 0.0491. The van der Waals surface area contributed by atoms with Gasteiger partial charge in [-0.3, -0.25) is 5.32 Å². The molecule has 13 heteroatoms. The van der Waals surface area contributed by atoms with Crippen LogP contribution in [0.15, 0.2) is 140 Å². The molecule has 1 saturated carbocycles. The van der Waals surface area contributed by atoms with Crippen molar-refractivity contribution in [1.29, 1.82) is 0 Å². The molecule has 0 unspecified atom stereocenters. The van der Waals surface area contributed by atoms with Crippen molar-refractivity contribution in [3.8, 4) is 11.4 Å². The van der Waals surface area contributed by atoms with Crippen molar-refractivity contribution in [2.75, 3.05) is 22.1 Å². The van der Waals surface area contributed by atoms with Gasteiger partial charge in [0.05, 0.1) is 22.5 Å². The second kappa shape index (κ2) is 19.1. The number of fused-ring (bicyclic) bond motifs is 1. The summed E-state index contributed by atoms with van der Waals surface area (Å²) < 4.78 is 13.2. The Morgan fingerprint density at radius 2 is 1.21 bits per heavy atom. The first-order chi connectivity index (χ1) is 31.7. The number of anilines is 4. The van der Waals surface area contributed by atoms with Crippen molar-refractivity contribution in [3.05, 3.63) is 156 Å². The Morgan fingerprint density at radius 3 is 1.79 bits per heavy atom. The summed E-state index contributed by atoms with van der Waals surface area (Å²) in [5, 5.41) is 15.9. The third kappa shape index (κ3) is 10.00. The topological polar surface area (TPSA) is 148 Å². The van der Waals surface area contributed by atoms with Crippen LogP contribution in [0.1, 0.15) is 90.8 Å². The second-order valence-electron chi connectivity index (χ2n) is 18.6. The third-order valence-corrected chi connectivity index (χ3v) is 11.5. The molecule has 1 aliphatic carbocycles. The molecule has 340 valence electrons. The summed E-state index contributed by atoms with van der Waals surface area (Å²) in [6.07, 6.45) is 4.12. The number of ether oxygens (including phenoxy) is 2. The van der Waals surface area contributed by atoms with E-state index in [0.717, 1.165) is 53.4 Å². The fourth-order valence-corrected chi connectivity index (χ4v) is 8.73. The van der Waals surface area contributed by atoms with E-state index < -0.39 is 28.9 Å². The molecule has 0 spiro atoms. The summed E-state index contributed by atoms with van der Waals surface area (Å²) in [7, 11) is 0. The van der Waals surface area contributed by atoms with Gasteiger partial charge < -0.3 is 25.0 Å². The number of nitrogens with one attached hydrogen (secondary N) is 3. The zero-order valence-corrected chi connectivity index (χ0v) is 38.8. The Labute approximate surface area is 387 Å². The van der Waals surface area contributed by atoms with E-state index in [1.807, 2.05) is 125 Å². The average molecular weight is 886 g/mol. The Bertz CT molecular complexity index is 2660. The lowest BCUT2D eigenvalue weighted by Crippen LogP contribution is -2.42. The van der Waals surface area contributed by atoms with Gasteiger partial charge in [-0.15, -0.1) is 0 Å². The molecular weight excluding hydrogens is 827 g/mol. The van der Waals surface area contributed by atoms with E-state index in [9.17, 15) is 9.59 Å². The lowest BCUT2D eigenvalue weighted by atomic mass is 9.77. The highest BCUT2D eigenvalue weighted by molar-refractivity contribution is 5.93. The summed E-state index contributed by atoms with van der Waals surface area (Å²) in [6.45, 7) is 13.7. The van der Waals surface area contributed by atoms with Crippen molar-refractivity contribution in [2.45, 2.75) is 103 Å². The number of aromatic nitrogens is 5. The van der Waals surface area contributed by atoms with Crippen molar-refractivity contribution < 1.29 is 19.1 Å². The fraction of sp³-hybridized carbons (Fsp3) is 0.321. The van der Waals surface area contributed by atoms with Crippen LogP contribution in [-0.4, -0.2) is 66.7 Å². The van der Waals surface area contributed by atoms with Crippen molar-refractivity contribution in [1.82, 2.24) is 30.0 Å². The minimum absolute atomic E-state index is 0.0233. The summed E-state index contributed by atoms with van der Waals surface area (Å²) in [6, 6.07) is 44.8. The molecule has 2 amide bonds. The molecule has 0 bridgehead atoms. The molecule has 1 fully saturated rings. The first kappa shape index (κ1) is 45.3. The summed E-state index contributed by atoms with van der Waals surface area (Å²) in [4.78, 5) is 43.2. The minimum Gasteiger partial charge on any atom is -0.444 e. The predicted molar refractivity (Wildman–Crippen MR) is 261 cm³/mol. The fourth-order valence-electron chi connectivity index (χ4n) is 8.73. The third-order valence-electron chi connectivity index (χ3n) is 11.5. The van der Waals surface area contributed by atoms with Gasteiger partial charge in [0, 0.05) is 24.8 Å². The molecule has 0 saturated heterocycles. The Morgan fingerprint density at radius 1 is 0.667 bits per heavy atom. The maximum absolute atomic E-state index is 13.0. The number of para-hydroxylation sites is 2. The SMILES string of the molecule is CCN(c1cccc(-c2nn(C(c3ccccc3)(c3ccccc3)c3ccccc3)c3nc(NC4CCC(NC(=O)OC(C)(C)C)CC4)ncc23)n1)c1ccccc1NC(=O)OC(C)(C)C. The van der Waals surface area contributed by atoms with Gasteiger partial charge in [-0.2, -0.15) is 10.1 Å². The number of benzene rings is 4. The first-order valence-corrected chi connectivity index (χ1v) is 22.7. The van der Waals surface area contributed by atoms with E-state index in [1.54, 1.807) is 0 Å². The number of alkyl carbamates (subject to hydrolysis) is 1. The number of carbonyl (C=O) groups is 2. The number of hydrogen-bond acceptors (Lipinski definition) is 10. The van der Waals surface area contributed by atoms with Crippen LogP contribution in [0.5, 0.6) is 0 Å². The molecule has 7 aromatic rings. The minimum atomic E-state index is -0.989. The van der Waals surface area contributed by atoms with E-state index in [0.29, 0.717) is 41.0 Å². The highest BCUT2D eigenvalue weighted by Crippen LogP contribution is 2.44. The number of pyridine rings is 1. The molecule has 3 aromatic heterocycles. The molecule has 13 nitrogen and oxygen atoms in total. The van der Waals surface area contributed by atoms with Gasteiger partial charge in [-0.1, -0.05) is 109 Å². The van der Waals surface area contributed by atoms with Crippen LogP contribution in [0.3, 0.4) is 0 Å². The van der Waals surface area contributed by atoms with Crippen molar-refractivity contribution in [2.24, 2.45) is 0 Å². The number of amides is 2. The van der Waals surface area contributed by atoms with Gasteiger partial charge in [0.1, 0.15) is 28.3 Å². The number of carbonyl (C=O) groups excluding carboxylic acids is 2. The van der Waals surface area contributed by atoms with Crippen LogP contribution in [0.4, 0.5) is 32.7 Å². The lowest BCUT2D eigenvalue weighted by Gasteiger charge is -2.36. The quantitative estimate of drug-likeness (QED) is 0.101. The summed E-state index contributed by atoms with van der Waals surface area (Å²) in [5.74, 6) is 1.14. The average Bonchev–Trinajstić information content (AvgIpc) is 3.67. The highest BCUT2D eigenvalue weighted by atomic mass is 16.6. The van der Waals surface area contributed by atoms with Gasteiger partial charge in [-0.25, -0.2) is 24.2 Å². The van der Waals surface area contributed by atoms with Crippen molar-refractivity contribution >= 4 is 46.4 Å². The number of hydrogen-bond donors (Lipinski definition) is 3. The Balaban J connectivity index is 1.24. The van der Waals surface area contributed by atoms with Crippen LogP contribution >= 0.6 is 0 Å². The van der Waals surface area contributed by atoms with Crippen LogP contribution in [-0.2, 0) is 15.0 Å². The molecule has 0 radical (unpaired) electrons. The maximum Gasteiger partial charge on any atom is 0.412 e. The first-order valence-electron chi connectivity index (χ1n) is 22.7. The Kier molecular flexibility index (Phi) is 13.1. The van der Waals surface area contributed by atoms with E-state index in [1.165, 1.54) is 0 Å². The monoisotopic (exact) mass is 885 g/mol. The van der Waals surface area contributed by atoms with Gasteiger partial charge in [0.2, 0.25) is 5.95 Å². The highest BCUT2D eigenvalue weighted by Gasteiger charge is 2.42. The van der Waals surface area contributed by atoms with Gasteiger partial charge in [0.25, 0.3) is 0 Å². The van der Waals surface area contributed by atoms with Gasteiger partial charge in [0.15, 0.2) is 5.65 Å². The zero-order valence-electron chi connectivity index (χ0n) is 38.8. The molecule has 3 heterocycles. The van der Waals surface area contributed by atoms with Crippen molar-refractivity contribution in [3.63, 3.8) is 0 Å². The van der Waals surface area contributed by atoms with Crippen LogP contribution in [0.2, 0.25) is 0 Å². The predicted octanol–water partition coefficient (Wildman–Crippen LogP) is 11.5. The standard InChI is InChI=1S/C53H59N9O4/c1-8-61(44-29-19-18-27-42(44)58-50(64)66-52(5,6)7)45-30-20-28-43(57-45)46-41-35-54-48(55-39-31-33-40(34-32-39)56-49(63)65-51(2,3)4)59-47(41)62(60-46)53(36-21-12-9-13-22-36,37-23-14-10-15-24-37)38-25-16-11-17-26-38/h9-30,35,39-40H,8,31-34H2,1-7H3,(H,56,63)(H,58,64)(H,54,55,59). The molecule has 0 aliphatic heterocycles.